The lowest BCUT2D eigenvalue weighted by Crippen LogP contribution is -2.33. The number of hydrogen-bond donors (Lipinski definition) is 0. The minimum Gasteiger partial charge on any atom is -0.464 e. The Bertz CT molecular complexity index is 528. The minimum absolute atomic E-state index is 0.104. The van der Waals surface area contributed by atoms with Crippen molar-refractivity contribution in [3.8, 4) is 0 Å². The van der Waals surface area contributed by atoms with E-state index < -0.39 is 0 Å². The van der Waals surface area contributed by atoms with Crippen LogP contribution in [0.5, 0.6) is 0 Å². The first kappa shape index (κ1) is 13.5. The van der Waals surface area contributed by atoms with Crippen LogP contribution in [-0.4, -0.2) is 22.4 Å². The van der Waals surface area contributed by atoms with E-state index in [0.717, 1.165) is 17.9 Å². The van der Waals surface area contributed by atoms with E-state index in [1.165, 1.54) is 0 Å². The molecule has 0 saturated heterocycles. The van der Waals surface area contributed by atoms with Crippen LogP contribution in [-0.2, 0) is 11.3 Å². The molecule has 4 nitrogen and oxygen atoms in total. The number of rotatable bonds is 5. The number of aromatic nitrogens is 1. The van der Waals surface area contributed by atoms with Gasteiger partial charge in [0, 0.05) is 19.4 Å². The van der Waals surface area contributed by atoms with E-state index in [0.29, 0.717) is 6.54 Å². The van der Waals surface area contributed by atoms with E-state index in [9.17, 15) is 4.79 Å². The molecule has 2 heterocycles. The Labute approximate surface area is 113 Å². The summed E-state index contributed by atoms with van der Waals surface area (Å²) in [6, 6.07) is 7.56. The molecule has 0 N–H and O–H groups in total. The topological polar surface area (TPSA) is 38.4 Å². The molecule has 0 bridgehead atoms. The van der Waals surface area contributed by atoms with Gasteiger partial charge in [-0.1, -0.05) is 6.92 Å². The maximum absolute atomic E-state index is 12.4. The highest BCUT2D eigenvalue weighted by molar-refractivity contribution is 5.80. The first-order valence-corrected chi connectivity index (χ1v) is 6.54. The van der Waals surface area contributed by atoms with Crippen LogP contribution in [0.25, 0.3) is 0 Å². The summed E-state index contributed by atoms with van der Waals surface area (Å²) in [4.78, 5) is 14.2. The number of carbonyl (C=O) groups excluding carboxylic acids is 1. The molecule has 1 amide bonds. The van der Waals surface area contributed by atoms with Gasteiger partial charge in [-0.3, -0.25) is 4.79 Å². The molecule has 102 valence electrons. The lowest BCUT2D eigenvalue weighted by Gasteiger charge is -2.23. The van der Waals surface area contributed by atoms with Crippen LogP contribution in [0.2, 0.25) is 0 Å². The number of furan rings is 1. The van der Waals surface area contributed by atoms with Gasteiger partial charge in [0.1, 0.15) is 17.6 Å². The fraction of sp³-hybridized carbons (Fsp3) is 0.400. The van der Waals surface area contributed by atoms with Crippen LogP contribution in [0.4, 0.5) is 0 Å². The van der Waals surface area contributed by atoms with Crippen molar-refractivity contribution in [2.24, 2.45) is 0 Å². The van der Waals surface area contributed by atoms with Gasteiger partial charge in [0.2, 0.25) is 5.91 Å². The van der Waals surface area contributed by atoms with Crippen LogP contribution < -0.4 is 0 Å². The highest BCUT2D eigenvalue weighted by Crippen LogP contribution is 2.17. The Morgan fingerprint density at radius 1 is 1.37 bits per heavy atom. The average molecular weight is 260 g/mol. The first-order valence-electron chi connectivity index (χ1n) is 6.54. The zero-order valence-electron chi connectivity index (χ0n) is 11.7. The van der Waals surface area contributed by atoms with Crippen molar-refractivity contribution in [3.63, 3.8) is 0 Å². The summed E-state index contributed by atoms with van der Waals surface area (Å²) < 4.78 is 7.46. The summed E-state index contributed by atoms with van der Waals surface area (Å²) in [6.07, 6.45) is 4.63. The molecular weight excluding hydrogens is 240 g/mol. The zero-order chi connectivity index (χ0) is 13.8. The summed E-state index contributed by atoms with van der Waals surface area (Å²) >= 11 is 0. The Balaban J connectivity index is 2.05. The third-order valence-electron chi connectivity index (χ3n) is 3.22. The number of hydrogen-bond acceptors (Lipinski definition) is 2. The molecular formula is C15H20N2O2. The van der Waals surface area contributed by atoms with E-state index >= 15 is 0 Å². The molecule has 0 unspecified atom stereocenters. The summed E-state index contributed by atoms with van der Waals surface area (Å²) in [7, 11) is 1.81. The molecule has 0 aliphatic rings. The summed E-state index contributed by atoms with van der Waals surface area (Å²) in [5, 5.41) is 0. The lowest BCUT2D eigenvalue weighted by atomic mass is 10.2. The second-order valence-corrected chi connectivity index (χ2v) is 4.76. The number of aryl methyl sites for hydroxylation is 1. The van der Waals surface area contributed by atoms with Gasteiger partial charge in [0.05, 0.1) is 6.54 Å². The standard InChI is InChI=1S/C15H20N2O2/c1-4-14(17-9-5-6-10-17)15(18)16(3)11-13-8-7-12(2)19-13/h5-10,14H,4,11H2,1-3H3/t14-/m1/s1. The molecule has 0 spiro atoms. The Hall–Kier alpha value is -1.97. The number of amides is 1. The van der Waals surface area contributed by atoms with Gasteiger partial charge in [-0.25, -0.2) is 0 Å². The SMILES string of the molecule is CC[C@H](C(=O)N(C)Cc1ccc(C)o1)n1cccc1. The summed E-state index contributed by atoms with van der Waals surface area (Å²) in [5.74, 6) is 1.79. The maximum Gasteiger partial charge on any atom is 0.245 e. The van der Waals surface area contributed by atoms with E-state index in [-0.39, 0.29) is 11.9 Å². The predicted molar refractivity (Wildman–Crippen MR) is 73.7 cm³/mol. The van der Waals surface area contributed by atoms with Crippen LogP contribution in [0, 0.1) is 6.92 Å². The Kier molecular flexibility index (Phi) is 4.10. The Morgan fingerprint density at radius 2 is 2.05 bits per heavy atom. The molecule has 0 saturated carbocycles. The van der Waals surface area contributed by atoms with Gasteiger partial charge < -0.3 is 13.9 Å². The molecule has 2 rings (SSSR count). The number of carbonyl (C=O) groups is 1. The third kappa shape index (κ3) is 3.08. The fourth-order valence-corrected chi connectivity index (χ4v) is 2.20. The quantitative estimate of drug-likeness (QED) is 0.829. The van der Waals surface area contributed by atoms with Gasteiger partial charge >= 0.3 is 0 Å². The second kappa shape index (κ2) is 5.78. The molecule has 2 aromatic heterocycles. The van der Waals surface area contributed by atoms with Crippen LogP contribution in [0.1, 0.15) is 30.9 Å². The molecule has 1 atom stereocenters. The monoisotopic (exact) mass is 260 g/mol. The maximum atomic E-state index is 12.4. The van der Waals surface area contributed by atoms with Crippen molar-refractivity contribution in [1.82, 2.24) is 9.47 Å². The third-order valence-corrected chi connectivity index (χ3v) is 3.22. The van der Waals surface area contributed by atoms with Crippen LogP contribution >= 0.6 is 0 Å². The second-order valence-electron chi connectivity index (χ2n) is 4.76. The highest BCUT2D eigenvalue weighted by Gasteiger charge is 2.21. The smallest absolute Gasteiger partial charge is 0.245 e. The van der Waals surface area contributed by atoms with Crippen LogP contribution in [0.3, 0.4) is 0 Å². The largest absolute Gasteiger partial charge is 0.464 e. The van der Waals surface area contributed by atoms with Crippen molar-refractivity contribution in [2.75, 3.05) is 7.05 Å². The normalized spacial score (nSPS) is 12.4. The van der Waals surface area contributed by atoms with E-state index in [1.807, 2.05) is 62.1 Å². The predicted octanol–water partition coefficient (Wildman–Crippen LogP) is 3.00. The van der Waals surface area contributed by atoms with Gasteiger partial charge in [-0.15, -0.1) is 0 Å². The minimum atomic E-state index is -0.143. The van der Waals surface area contributed by atoms with Crippen molar-refractivity contribution in [2.45, 2.75) is 32.9 Å². The van der Waals surface area contributed by atoms with E-state index in [1.54, 1.807) is 4.90 Å². The fourth-order valence-electron chi connectivity index (χ4n) is 2.20. The molecule has 2 aromatic rings. The van der Waals surface area contributed by atoms with Crippen LogP contribution in [0.15, 0.2) is 41.1 Å². The van der Waals surface area contributed by atoms with Gasteiger partial charge in [0.25, 0.3) is 0 Å². The molecule has 0 aliphatic heterocycles. The summed E-state index contributed by atoms with van der Waals surface area (Å²) in [6.45, 7) is 4.43. The molecule has 19 heavy (non-hydrogen) atoms. The molecule has 4 heteroatoms. The molecule has 0 aliphatic carbocycles. The Morgan fingerprint density at radius 3 is 2.58 bits per heavy atom. The van der Waals surface area contributed by atoms with Gasteiger partial charge in [-0.05, 0) is 37.6 Å². The lowest BCUT2D eigenvalue weighted by molar-refractivity contribution is -0.134. The van der Waals surface area contributed by atoms with E-state index in [4.69, 9.17) is 4.42 Å². The summed E-state index contributed by atoms with van der Waals surface area (Å²) in [5.41, 5.74) is 0. The highest BCUT2D eigenvalue weighted by atomic mass is 16.3. The van der Waals surface area contributed by atoms with Crippen molar-refractivity contribution in [3.05, 3.63) is 48.2 Å². The number of likely N-dealkylation sites (N-methyl/N-ethyl adjacent to an activating group) is 1. The zero-order valence-corrected chi connectivity index (χ0v) is 11.7. The number of nitrogens with zero attached hydrogens (tertiary/aromatic N) is 2. The molecule has 0 aromatic carbocycles. The van der Waals surface area contributed by atoms with Crippen molar-refractivity contribution in [1.29, 1.82) is 0 Å². The molecule has 0 fully saturated rings. The van der Waals surface area contributed by atoms with Gasteiger partial charge in [-0.2, -0.15) is 0 Å². The van der Waals surface area contributed by atoms with E-state index in [2.05, 4.69) is 0 Å². The van der Waals surface area contributed by atoms with Crippen molar-refractivity contribution < 1.29 is 9.21 Å². The first-order chi connectivity index (χ1) is 9.11. The van der Waals surface area contributed by atoms with Gasteiger partial charge in [0.15, 0.2) is 0 Å². The average Bonchev–Trinajstić information content (AvgIpc) is 3.02. The molecule has 0 radical (unpaired) electrons. The van der Waals surface area contributed by atoms with Crippen molar-refractivity contribution >= 4 is 5.91 Å².